The summed E-state index contributed by atoms with van der Waals surface area (Å²) < 4.78 is 21.7. The molecule has 7 nitrogen and oxygen atoms in total. The van der Waals surface area contributed by atoms with Crippen molar-refractivity contribution < 1.29 is 67.3 Å². The fraction of sp³-hybridized carbons (Fsp3) is 0. The molecule has 0 aromatic heterocycles. The zero-order valence-corrected chi connectivity index (χ0v) is 5.81. The van der Waals surface area contributed by atoms with Gasteiger partial charge in [0.2, 0.25) is 4.44 Å². The number of hydrogen-bond donors (Lipinski definition) is 1. The van der Waals surface area contributed by atoms with Gasteiger partial charge in [-0.3, -0.25) is 0 Å². The second kappa shape index (κ2) is 8.75. The molecule has 61 valence electrons. The van der Waals surface area contributed by atoms with Crippen LogP contribution in [0.2, 0.25) is 0 Å². The van der Waals surface area contributed by atoms with E-state index in [2.05, 4.69) is 19.6 Å². The summed E-state index contributed by atoms with van der Waals surface area (Å²) in [5.74, 6) is 0. The van der Waals surface area contributed by atoms with Crippen LogP contribution in [0.3, 0.4) is 0 Å². The Bertz CT molecular complexity index is 46.2. The van der Waals surface area contributed by atoms with Crippen molar-refractivity contribution >= 4 is 0 Å². The fourth-order valence-corrected chi connectivity index (χ4v) is 0.107. The van der Waals surface area contributed by atoms with Gasteiger partial charge in [0.15, 0.2) is 0 Å². The summed E-state index contributed by atoms with van der Waals surface area (Å²) in [6.45, 7) is 0. The van der Waals surface area contributed by atoms with E-state index in [1.54, 1.807) is 0 Å². The summed E-state index contributed by atoms with van der Waals surface area (Å²) in [6.07, 6.45) is 0. The summed E-state index contributed by atoms with van der Waals surface area (Å²) in [5.41, 5.74) is 0. The van der Waals surface area contributed by atoms with Crippen LogP contribution in [0.4, 0.5) is 0 Å². The van der Waals surface area contributed by atoms with Gasteiger partial charge in [-0.2, -0.15) is 0 Å². The second-order valence-corrected chi connectivity index (χ2v) is 0.967. The third-order valence-electron chi connectivity index (χ3n) is 0.135. The number of hydrogen-bond acceptors (Lipinski definition) is 7. The predicted molar refractivity (Wildman–Crippen MR) is 6.97 cm³/mol. The molecule has 0 unspecified atom stereocenters. The van der Waals surface area contributed by atoms with Gasteiger partial charge in [-0.25, -0.2) is 5.26 Å². The van der Waals surface area contributed by atoms with E-state index in [-0.39, 0.29) is 22.4 Å². The third kappa shape index (κ3) is 12.1. The Labute approximate surface area is 67.7 Å². The average Bonchev–Trinajstić information content (AvgIpc) is 1.66. The van der Waals surface area contributed by atoms with Crippen molar-refractivity contribution in [2.75, 3.05) is 0 Å². The van der Waals surface area contributed by atoms with E-state index in [0.717, 1.165) is 0 Å². The molecule has 0 heterocycles. The van der Waals surface area contributed by atoms with Crippen LogP contribution < -0.4 is 9.32 Å². The fourth-order valence-electron chi connectivity index (χ4n) is 0.0439. The summed E-state index contributed by atoms with van der Waals surface area (Å²) in [7, 11) is -2.56. The molecule has 0 fully saturated rings. The Balaban J connectivity index is 0. The molecule has 0 aliphatic carbocycles. The normalized spacial score (nSPS) is 9.33. The summed E-state index contributed by atoms with van der Waals surface area (Å²) in [5, 5.41) is 16.2. The molecule has 0 rings (SSSR count). The zero-order valence-electron chi connectivity index (χ0n) is 3.58. The van der Waals surface area contributed by atoms with Gasteiger partial charge in [0.05, 0.1) is 5.04 Å². The minimum atomic E-state index is -2.56. The largest absolute Gasteiger partial charge is 0.332 e. The first-order valence-corrected chi connectivity index (χ1v) is 2.07. The van der Waals surface area contributed by atoms with E-state index >= 15 is 0 Å². The minimum Gasteiger partial charge on any atom is -0.318 e. The molecule has 0 amide bonds. The number of halogens is 1. The number of rotatable bonds is 4. The van der Waals surface area contributed by atoms with E-state index < -0.39 is 10.8 Å². The Morgan fingerprint density at radius 2 is 1.78 bits per heavy atom. The van der Waals surface area contributed by atoms with Crippen molar-refractivity contribution in [3.05, 3.63) is 0 Å². The molecule has 0 aliphatic heterocycles. The summed E-state index contributed by atoms with van der Waals surface area (Å²) in [6, 6.07) is 0. The van der Waals surface area contributed by atoms with Crippen LogP contribution in [0.1, 0.15) is 0 Å². The molecule has 9 heteroatoms. The Hall–Kier alpha value is 0.750. The van der Waals surface area contributed by atoms with Crippen LogP contribution in [0, 0.1) is 10.8 Å². The van der Waals surface area contributed by atoms with Crippen molar-refractivity contribution in [2.24, 2.45) is 0 Å². The van der Waals surface area contributed by atoms with Crippen LogP contribution in [0.25, 0.3) is 0 Å². The maximum atomic E-state index is 9.27. The molecule has 9 heavy (non-hydrogen) atoms. The van der Waals surface area contributed by atoms with E-state index in [0.29, 0.717) is 0 Å². The van der Waals surface area contributed by atoms with Gasteiger partial charge >= 0.3 is 10.8 Å². The van der Waals surface area contributed by atoms with E-state index in [4.69, 9.17) is 5.26 Å². The first-order valence-electron chi connectivity index (χ1n) is 1.15. The Kier molecular flexibility index (Phi) is 12.1. The van der Waals surface area contributed by atoms with Gasteiger partial charge in [-0.1, -0.05) is 0 Å². The topological polar surface area (TPSA) is 103 Å². The van der Waals surface area contributed by atoms with Crippen LogP contribution in [0.15, 0.2) is 0 Å². The first-order chi connectivity index (χ1) is 3.77. The third-order valence-corrected chi connectivity index (χ3v) is 0.290. The van der Waals surface area contributed by atoms with Gasteiger partial charge in [0, 0.05) is 27.4 Å². The van der Waals surface area contributed by atoms with Gasteiger partial charge in [0.1, 0.15) is 0 Å². The van der Waals surface area contributed by atoms with Crippen LogP contribution in [0.5, 0.6) is 0 Å². The maximum Gasteiger partial charge on any atom is 0.332 e. The molecule has 0 atom stereocenters. The van der Waals surface area contributed by atoms with E-state index in [9.17, 15) is 9.32 Å². The van der Waals surface area contributed by atoms with Crippen molar-refractivity contribution in [2.45, 2.75) is 0 Å². The van der Waals surface area contributed by atoms with Gasteiger partial charge in [-0.15, -0.1) is 0 Å². The molecule has 0 saturated carbocycles. The van der Waals surface area contributed by atoms with Gasteiger partial charge in [-0.05, 0) is 5.04 Å². The van der Waals surface area contributed by atoms with E-state index in [1.165, 1.54) is 0 Å². The molecular weight excluding hydrogens is 255 g/mol. The van der Waals surface area contributed by atoms with Crippen molar-refractivity contribution in [3.8, 4) is 0 Å². The SMILES string of the molecule is [Ag].[O-][Cl+2]([O-])OOOOO. The van der Waals surface area contributed by atoms with Gasteiger partial charge < -0.3 is 9.32 Å². The molecule has 0 spiro atoms. The van der Waals surface area contributed by atoms with Crippen molar-refractivity contribution in [1.82, 2.24) is 0 Å². The molecule has 1 radical (unpaired) electrons. The van der Waals surface area contributed by atoms with Crippen molar-refractivity contribution in [1.29, 1.82) is 0 Å². The second-order valence-electron chi connectivity index (χ2n) is 0.463. The smallest absolute Gasteiger partial charge is 0.318 e. The first kappa shape index (κ1) is 12.4. The van der Waals surface area contributed by atoms with Crippen LogP contribution >= 0.6 is 0 Å². The maximum absolute atomic E-state index is 9.27. The van der Waals surface area contributed by atoms with Gasteiger partial charge in [0.25, 0.3) is 0 Å². The Morgan fingerprint density at radius 3 is 2.11 bits per heavy atom. The predicted octanol–water partition coefficient (Wildman–Crippen LogP) is -2.65. The minimum absolute atomic E-state index is 0. The van der Waals surface area contributed by atoms with E-state index in [1.807, 2.05) is 0 Å². The Morgan fingerprint density at radius 1 is 1.22 bits per heavy atom. The average molecular weight is 256 g/mol. The standard InChI is InChI=1S/Ag.ClHO7/c;2-1(3)5-7-8-6-4/h;4H. The monoisotopic (exact) mass is 255 g/mol. The van der Waals surface area contributed by atoms with Crippen LogP contribution in [-0.4, -0.2) is 5.26 Å². The molecule has 0 saturated heterocycles. The summed E-state index contributed by atoms with van der Waals surface area (Å²) >= 11 is 0. The molecule has 0 aliphatic rings. The molecule has 0 aromatic carbocycles. The molecule has 1 N–H and O–H groups in total. The zero-order chi connectivity index (χ0) is 6.41. The molecule has 0 aromatic rings. The molecule has 0 bridgehead atoms. The summed E-state index contributed by atoms with van der Waals surface area (Å²) in [4.78, 5) is 0. The quantitative estimate of drug-likeness (QED) is 0.254. The molecular formula is HAgClO7. The van der Waals surface area contributed by atoms with Crippen molar-refractivity contribution in [3.63, 3.8) is 0 Å². The van der Waals surface area contributed by atoms with Crippen LogP contribution in [-0.2, 0) is 41.9 Å².